The van der Waals surface area contributed by atoms with Crippen LogP contribution >= 0.6 is 11.3 Å². The second-order valence-corrected chi connectivity index (χ2v) is 9.34. The molecule has 5 nitrogen and oxygen atoms in total. The summed E-state index contributed by atoms with van der Waals surface area (Å²) < 4.78 is 24.9. The van der Waals surface area contributed by atoms with E-state index in [1.807, 2.05) is 13.0 Å². The van der Waals surface area contributed by atoms with Crippen molar-refractivity contribution in [2.75, 3.05) is 19.3 Å². The maximum atomic E-state index is 11.7. The number of sulfonamides is 1. The highest BCUT2D eigenvalue weighted by Crippen LogP contribution is 2.31. The first kappa shape index (κ1) is 16.5. The summed E-state index contributed by atoms with van der Waals surface area (Å²) in [4.78, 5) is 10.4. The lowest BCUT2D eigenvalue weighted by molar-refractivity contribution is 0.460. The van der Waals surface area contributed by atoms with Crippen molar-refractivity contribution in [3.05, 3.63) is 34.5 Å². The second-order valence-electron chi connectivity index (χ2n) is 6.15. The highest BCUT2D eigenvalue weighted by Gasteiger charge is 2.29. The average Bonchev–Trinajstić information content (AvgIpc) is 3.07. The third kappa shape index (κ3) is 3.62. The van der Waals surface area contributed by atoms with E-state index in [4.69, 9.17) is 0 Å². The molecular weight excluding hydrogens is 330 g/mol. The van der Waals surface area contributed by atoms with Gasteiger partial charge in [0.15, 0.2) is 0 Å². The van der Waals surface area contributed by atoms with Gasteiger partial charge in [-0.3, -0.25) is 4.98 Å². The number of aromatic nitrogens is 2. The largest absolute Gasteiger partial charge is 0.253 e. The molecule has 0 radical (unpaired) electrons. The molecular formula is C16H21N3O2S2. The Kier molecular flexibility index (Phi) is 4.53. The summed E-state index contributed by atoms with van der Waals surface area (Å²) in [6.45, 7) is 5.30. The zero-order chi connectivity index (χ0) is 16.6. The van der Waals surface area contributed by atoms with Gasteiger partial charge < -0.3 is 0 Å². The topological polar surface area (TPSA) is 63.2 Å². The van der Waals surface area contributed by atoms with Crippen molar-refractivity contribution in [2.45, 2.75) is 26.7 Å². The molecule has 0 aromatic carbocycles. The van der Waals surface area contributed by atoms with Crippen LogP contribution in [0.2, 0.25) is 0 Å². The van der Waals surface area contributed by atoms with E-state index in [0.29, 0.717) is 19.0 Å². The standard InChI is InChI=1S/C16H21N3O2S2/c1-11-12(2)22-16(18-11)15-14(5-4-7-17-15)9-13-6-8-19(10-13)23(3,20)21/h4-5,7,13H,6,8-10H2,1-3H3/t13-/m0/s1. The Morgan fingerprint density at radius 2 is 2.17 bits per heavy atom. The zero-order valence-corrected chi connectivity index (χ0v) is 15.2. The van der Waals surface area contributed by atoms with Crippen LogP contribution in [0.5, 0.6) is 0 Å². The fourth-order valence-electron chi connectivity index (χ4n) is 2.95. The molecule has 0 spiro atoms. The van der Waals surface area contributed by atoms with Gasteiger partial charge in [-0.05, 0) is 44.2 Å². The van der Waals surface area contributed by atoms with E-state index in [2.05, 4.69) is 23.0 Å². The summed E-state index contributed by atoms with van der Waals surface area (Å²) >= 11 is 1.66. The molecule has 3 rings (SSSR count). The van der Waals surface area contributed by atoms with E-state index >= 15 is 0 Å². The van der Waals surface area contributed by atoms with Gasteiger partial charge in [-0.25, -0.2) is 17.7 Å². The molecule has 23 heavy (non-hydrogen) atoms. The lowest BCUT2D eigenvalue weighted by Crippen LogP contribution is -2.27. The lowest BCUT2D eigenvalue weighted by Gasteiger charge is -2.14. The smallest absolute Gasteiger partial charge is 0.211 e. The number of hydrogen-bond acceptors (Lipinski definition) is 5. The van der Waals surface area contributed by atoms with Crippen LogP contribution < -0.4 is 0 Å². The molecule has 1 saturated heterocycles. The molecule has 1 aliphatic rings. The van der Waals surface area contributed by atoms with E-state index in [1.165, 1.54) is 11.1 Å². The first-order chi connectivity index (χ1) is 10.8. The third-order valence-electron chi connectivity index (χ3n) is 4.35. The second kappa shape index (κ2) is 6.30. The normalized spacial score (nSPS) is 19.3. The molecule has 7 heteroatoms. The van der Waals surface area contributed by atoms with E-state index in [9.17, 15) is 8.42 Å². The van der Waals surface area contributed by atoms with Crippen molar-refractivity contribution in [2.24, 2.45) is 5.92 Å². The maximum absolute atomic E-state index is 11.7. The van der Waals surface area contributed by atoms with Crippen LogP contribution in [-0.4, -0.2) is 42.0 Å². The predicted molar refractivity (Wildman–Crippen MR) is 93.0 cm³/mol. The summed E-state index contributed by atoms with van der Waals surface area (Å²) in [5.41, 5.74) is 3.14. The molecule has 2 aromatic heterocycles. The first-order valence-corrected chi connectivity index (χ1v) is 10.3. The molecule has 124 valence electrons. The van der Waals surface area contributed by atoms with E-state index < -0.39 is 10.0 Å². The van der Waals surface area contributed by atoms with Crippen molar-refractivity contribution < 1.29 is 8.42 Å². The van der Waals surface area contributed by atoms with Crippen LogP contribution in [0.15, 0.2) is 18.3 Å². The van der Waals surface area contributed by atoms with Crippen molar-refractivity contribution in [1.82, 2.24) is 14.3 Å². The molecule has 1 atom stereocenters. The number of thiazole rings is 1. The van der Waals surface area contributed by atoms with Crippen LogP contribution in [0.25, 0.3) is 10.7 Å². The molecule has 1 fully saturated rings. The zero-order valence-electron chi connectivity index (χ0n) is 13.6. The summed E-state index contributed by atoms with van der Waals surface area (Å²) in [6.07, 6.45) is 4.82. The van der Waals surface area contributed by atoms with E-state index in [0.717, 1.165) is 34.8 Å². The van der Waals surface area contributed by atoms with Gasteiger partial charge in [0.2, 0.25) is 10.0 Å². The van der Waals surface area contributed by atoms with Crippen molar-refractivity contribution in [3.63, 3.8) is 0 Å². The predicted octanol–water partition coefficient (Wildman–Crippen LogP) is 2.65. The molecule has 0 N–H and O–H groups in total. The number of nitrogens with zero attached hydrogens (tertiary/aromatic N) is 3. The number of rotatable bonds is 4. The molecule has 0 aliphatic carbocycles. The molecule has 3 heterocycles. The van der Waals surface area contributed by atoms with Gasteiger partial charge >= 0.3 is 0 Å². The van der Waals surface area contributed by atoms with E-state index in [1.54, 1.807) is 21.8 Å². The van der Waals surface area contributed by atoms with Gasteiger partial charge in [-0.2, -0.15) is 0 Å². The lowest BCUT2D eigenvalue weighted by atomic mass is 9.98. The highest BCUT2D eigenvalue weighted by molar-refractivity contribution is 7.88. The van der Waals surface area contributed by atoms with Crippen LogP contribution in [0, 0.1) is 19.8 Å². The van der Waals surface area contributed by atoms with E-state index in [-0.39, 0.29) is 0 Å². The fourth-order valence-corrected chi connectivity index (χ4v) is 4.81. The van der Waals surface area contributed by atoms with Crippen LogP contribution in [0.4, 0.5) is 0 Å². The molecule has 1 aliphatic heterocycles. The fraction of sp³-hybridized carbons (Fsp3) is 0.500. The summed E-state index contributed by atoms with van der Waals surface area (Å²) in [7, 11) is -3.08. The van der Waals surface area contributed by atoms with Gasteiger partial charge in [0.05, 0.1) is 11.9 Å². The average molecular weight is 351 g/mol. The molecule has 2 aromatic rings. The quantitative estimate of drug-likeness (QED) is 0.849. The Morgan fingerprint density at radius 3 is 2.78 bits per heavy atom. The van der Waals surface area contributed by atoms with Gasteiger partial charge in [-0.1, -0.05) is 6.07 Å². The Labute approximate surface area is 141 Å². The number of hydrogen-bond donors (Lipinski definition) is 0. The van der Waals surface area contributed by atoms with Gasteiger partial charge in [0, 0.05) is 24.2 Å². The molecule has 0 saturated carbocycles. The minimum absolute atomic E-state index is 0.342. The summed E-state index contributed by atoms with van der Waals surface area (Å²) in [6, 6.07) is 4.02. The Hall–Kier alpha value is -1.31. The maximum Gasteiger partial charge on any atom is 0.211 e. The SMILES string of the molecule is Cc1nc(-c2ncccc2C[C@@H]2CCN(S(C)(=O)=O)C2)sc1C. The minimum atomic E-state index is -3.08. The van der Waals surface area contributed by atoms with Crippen LogP contribution in [0.3, 0.4) is 0 Å². The van der Waals surface area contributed by atoms with Crippen molar-refractivity contribution in [1.29, 1.82) is 0 Å². The highest BCUT2D eigenvalue weighted by atomic mass is 32.2. The molecule has 0 unspecified atom stereocenters. The summed E-state index contributed by atoms with van der Waals surface area (Å²) in [5.74, 6) is 0.342. The first-order valence-electron chi connectivity index (χ1n) is 7.68. The van der Waals surface area contributed by atoms with Gasteiger partial charge in [0.25, 0.3) is 0 Å². The Bertz CT molecular complexity index is 795. The summed E-state index contributed by atoms with van der Waals surface area (Å²) in [5, 5.41) is 0.952. The van der Waals surface area contributed by atoms with Crippen LogP contribution in [-0.2, 0) is 16.4 Å². The van der Waals surface area contributed by atoms with Crippen molar-refractivity contribution >= 4 is 21.4 Å². The monoisotopic (exact) mass is 351 g/mol. The van der Waals surface area contributed by atoms with Gasteiger partial charge in [0.1, 0.15) is 10.7 Å². The third-order valence-corrected chi connectivity index (χ3v) is 6.70. The minimum Gasteiger partial charge on any atom is -0.253 e. The molecule has 0 bridgehead atoms. The number of pyridine rings is 1. The number of aryl methyl sites for hydroxylation is 2. The van der Waals surface area contributed by atoms with Crippen molar-refractivity contribution in [3.8, 4) is 10.7 Å². The Morgan fingerprint density at radius 1 is 1.39 bits per heavy atom. The Balaban J connectivity index is 1.82. The van der Waals surface area contributed by atoms with Crippen LogP contribution in [0.1, 0.15) is 22.6 Å². The molecule has 0 amide bonds. The van der Waals surface area contributed by atoms with Gasteiger partial charge in [-0.15, -0.1) is 11.3 Å².